The van der Waals surface area contributed by atoms with E-state index in [0.29, 0.717) is 23.9 Å². The largest absolute Gasteiger partial charge is 0.482 e. The minimum absolute atomic E-state index is 0.0120. The van der Waals surface area contributed by atoms with E-state index in [4.69, 9.17) is 4.74 Å². The molecule has 1 saturated heterocycles. The van der Waals surface area contributed by atoms with E-state index in [1.54, 1.807) is 17.4 Å². The van der Waals surface area contributed by atoms with Gasteiger partial charge in [-0.05, 0) is 61.5 Å². The Labute approximate surface area is 175 Å². The maximum atomic E-state index is 12.9. The highest BCUT2D eigenvalue weighted by molar-refractivity contribution is 7.89. The van der Waals surface area contributed by atoms with Gasteiger partial charge in [0, 0.05) is 11.4 Å². The SMILES string of the molecule is CC1CCN(C(CNS(=O)(=O)c2ccc3c(c2)NC(=O)CO3)c2cccs2)CC1. The van der Waals surface area contributed by atoms with E-state index < -0.39 is 10.0 Å². The lowest BCUT2D eigenvalue weighted by Gasteiger charge is -2.36. The number of rotatable bonds is 6. The van der Waals surface area contributed by atoms with Gasteiger partial charge in [0.1, 0.15) is 5.75 Å². The van der Waals surface area contributed by atoms with E-state index in [9.17, 15) is 13.2 Å². The van der Waals surface area contributed by atoms with Gasteiger partial charge in [0.05, 0.1) is 16.6 Å². The van der Waals surface area contributed by atoms with E-state index in [-0.39, 0.29) is 23.5 Å². The lowest BCUT2D eigenvalue weighted by molar-refractivity contribution is -0.118. The number of thiophene rings is 1. The summed E-state index contributed by atoms with van der Waals surface area (Å²) in [6.07, 6.45) is 2.25. The van der Waals surface area contributed by atoms with Crippen LogP contribution in [0.15, 0.2) is 40.6 Å². The highest BCUT2D eigenvalue weighted by atomic mass is 32.2. The fourth-order valence-corrected chi connectivity index (χ4v) is 5.66. The lowest BCUT2D eigenvalue weighted by Crippen LogP contribution is -2.41. The van der Waals surface area contributed by atoms with Gasteiger partial charge in [-0.25, -0.2) is 13.1 Å². The second kappa shape index (κ2) is 8.43. The molecule has 0 saturated carbocycles. The van der Waals surface area contributed by atoms with E-state index in [1.807, 2.05) is 11.4 Å². The first-order chi connectivity index (χ1) is 13.9. The molecule has 1 aromatic heterocycles. The number of anilines is 1. The van der Waals surface area contributed by atoms with Crippen LogP contribution in [-0.2, 0) is 14.8 Å². The average Bonchev–Trinajstić information content (AvgIpc) is 3.23. The summed E-state index contributed by atoms with van der Waals surface area (Å²) in [5.41, 5.74) is 0.379. The summed E-state index contributed by atoms with van der Waals surface area (Å²) in [5, 5.41) is 4.68. The molecular formula is C20H25N3O4S2. The summed E-state index contributed by atoms with van der Waals surface area (Å²) < 4.78 is 33.9. The number of nitrogens with zero attached hydrogens (tertiary/aromatic N) is 1. The van der Waals surface area contributed by atoms with Crippen molar-refractivity contribution in [2.45, 2.75) is 30.7 Å². The van der Waals surface area contributed by atoms with Crippen LogP contribution in [0.25, 0.3) is 0 Å². The third kappa shape index (κ3) is 4.63. The number of hydrogen-bond donors (Lipinski definition) is 2. The monoisotopic (exact) mass is 435 g/mol. The predicted molar refractivity (Wildman–Crippen MR) is 113 cm³/mol. The van der Waals surface area contributed by atoms with Crippen LogP contribution in [0.5, 0.6) is 5.75 Å². The summed E-state index contributed by atoms with van der Waals surface area (Å²) in [5.74, 6) is 0.888. The number of benzene rings is 1. The number of amides is 1. The van der Waals surface area contributed by atoms with Crippen LogP contribution < -0.4 is 14.8 Å². The Bertz CT molecular complexity index is 968. The van der Waals surface area contributed by atoms with Gasteiger partial charge in [-0.3, -0.25) is 9.69 Å². The molecule has 0 bridgehead atoms. The van der Waals surface area contributed by atoms with Crippen molar-refractivity contribution in [3.63, 3.8) is 0 Å². The smallest absolute Gasteiger partial charge is 0.262 e. The molecule has 0 aliphatic carbocycles. The number of nitrogens with one attached hydrogen (secondary N) is 2. The Morgan fingerprint density at radius 2 is 2.10 bits per heavy atom. The minimum Gasteiger partial charge on any atom is -0.482 e. The van der Waals surface area contributed by atoms with Gasteiger partial charge < -0.3 is 10.1 Å². The van der Waals surface area contributed by atoms with Crippen molar-refractivity contribution in [1.82, 2.24) is 9.62 Å². The van der Waals surface area contributed by atoms with E-state index in [0.717, 1.165) is 30.8 Å². The zero-order chi connectivity index (χ0) is 20.4. The summed E-state index contributed by atoms with van der Waals surface area (Å²) >= 11 is 1.65. The van der Waals surface area contributed by atoms with E-state index in [2.05, 4.69) is 27.9 Å². The van der Waals surface area contributed by atoms with Gasteiger partial charge in [0.25, 0.3) is 5.91 Å². The predicted octanol–water partition coefficient (Wildman–Crippen LogP) is 2.83. The molecular weight excluding hydrogens is 410 g/mol. The maximum absolute atomic E-state index is 12.9. The normalized spacial score (nSPS) is 19.3. The van der Waals surface area contributed by atoms with Gasteiger partial charge in [0.15, 0.2) is 6.61 Å². The lowest BCUT2D eigenvalue weighted by atomic mass is 9.97. The molecule has 1 fully saturated rings. The molecule has 7 nitrogen and oxygen atoms in total. The standard InChI is InChI=1S/C20H25N3O4S2/c1-14-6-8-23(9-7-14)17(19-3-2-10-28-19)12-21-29(25,26)15-4-5-18-16(11-15)22-20(24)13-27-18/h2-5,10-11,14,17,21H,6-9,12-13H2,1H3,(H,22,24). The van der Waals surface area contributed by atoms with E-state index >= 15 is 0 Å². The topological polar surface area (TPSA) is 87.7 Å². The van der Waals surface area contributed by atoms with Crippen LogP contribution in [-0.4, -0.2) is 45.5 Å². The van der Waals surface area contributed by atoms with Crippen molar-refractivity contribution < 1.29 is 17.9 Å². The highest BCUT2D eigenvalue weighted by Gasteiger charge is 2.28. The molecule has 0 spiro atoms. The fraction of sp³-hybridized carbons (Fsp3) is 0.450. The van der Waals surface area contributed by atoms with Crippen molar-refractivity contribution in [1.29, 1.82) is 0 Å². The molecule has 1 amide bonds. The first kappa shape index (κ1) is 20.3. The summed E-state index contributed by atoms with van der Waals surface area (Å²) in [6, 6.07) is 8.59. The van der Waals surface area contributed by atoms with Gasteiger partial charge in [0.2, 0.25) is 10.0 Å². The Hall–Kier alpha value is -1.94. The van der Waals surface area contributed by atoms with Crippen LogP contribution in [0.4, 0.5) is 5.69 Å². The Kier molecular flexibility index (Phi) is 5.91. The Balaban J connectivity index is 1.51. The number of ether oxygens (including phenoxy) is 1. The number of likely N-dealkylation sites (tertiary alicyclic amines) is 1. The number of piperidine rings is 1. The molecule has 2 aromatic rings. The number of carbonyl (C=O) groups excluding carboxylic acids is 1. The zero-order valence-corrected chi connectivity index (χ0v) is 17.9. The third-order valence-electron chi connectivity index (χ3n) is 5.49. The average molecular weight is 436 g/mol. The Morgan fingerprint density at radius 3 is 2.83 bits per heavy atom. The van der Waals surface area contributed by atoms with Crippen molar-refractivity contribution in [2.75, 3.05) is 31.6 Å². The highest BCUT2D eigenvalue weighted by Crippen LogP contribution is 2.31. The molecule has 156 valence electrons. The quantitative estimate of drug-likeness (QED) is 0.729. The van der Waals surface area contributed by atoms with Gasteiger partial charge in [-0.2, -0.15) is 0 Å². The van der Waals surface area contributed by atoms with E-state index in [1.165, 1.54) is 12.1 Å². The maximum Gasteiger partial charge on any atom is 0.262 e. The molecule has 2 aliphatic rings. The number of carbonyl (C=O) groups is 1. The molecule has 1 aromatic carbocycles. The first-order valence-corrected chi connectivity index (χ1v) is 12.1. The molecule has 0 radical (unpaired) electrons. The van der Waals surface area contributed by atoms with Crippen molar-refractivity contribution in [3.05, 3.63) is 40.6 Å². The molecule has 3 heterocycles. The second-order valence-electron chi connectivity index (χ2n) is 7.60. The van der Waals surface area contributed by atoms with Crippen molar-refractivity contribution >= 4 is 33.0 Å². The molecule has 9 heteroatoms. The molecule has 4 rings (SSSR count). The van der Waals surface area contributed by atoms with Gasteiger partial charge in [-0.1, -0.05) is 13.0 Å². The van der Waals surface area contributed by atoms with Crippen LogP contribution >= 0.6 is 11.3 Å². The summed E-state index contributed by atoms with van der Waals surface area (Å²) in [6.45, 7) is 4.44. The van der Waals surface area contributed by atoms with Gasteiger partial charge in [-0.15, -0.1) is 11.3 Å². The van der Waals surface area contributed by atoms with Crippen LogP contribution in [0.1, 0.15) is 30.7 Å². The number of hydrogen-bond acceptors (Lipinski definition) is 6. The number of sulfonamides is 1. The van der Waals surface area contributed by atoms with Crippen LogP contribution in [0.3, 0.4) is 0 Å². The van der Waals surface area contributed by atoms with Crippen LogP contribution in [0, 0.1) is 5.92 Å². The van der Waals surface area contributed by atoms with Crippen molar-refractivity contribution in [3.8, 4) is 5.75 Å². The Morgan fingerprint density at radius 1 is 1.31 bits per heavy atom. The summed E-state index contributed by atoms with van der Waals surface area (Å²) in [7, 11) is -3.73. The molecule has 1 unspecified atom stereocenters. The molecule has 29 heavy (non-hydrogen) atoms. The molecule has 2 N–H and O–H groups in total. The minimum atomic E-state index is -3.73. The number of fused-ring (bicyclic) bond motifs is 1. The second-order valence-corrected chi connectivity index (χ2v) is 10.3. The summed E-state index contributed by atoms with van der Waals surface area (Å²) in [4.78, 5) is 15.2. The molecule has 2 aliphatic heterocycles. The van der Waals surface area contributed by atoms with Crippen LogP contribution in [0.2, 0.25) is 0 Å². The zero-order valence-electron chi connectivity index (χ0n) is 16.3. The van der Waals surface area contributed by atoms with Crippen molar-refractivity contribution in [2.24, 2.45) is 5.92 Å². The first-order valence-electron chi connectivity index (χ1n) is 9.76. The van der Waals surface area contributed by atoms with Gasteiger partial charge >= 0.3 is 0 Å². The third-order valence-corrected chi connectivity index (χ3v) is 7.89. The fourth-order valence-electron chi connectivity index (χ4n) is 3.73. The molecule has 1 atom stereocenters.